The van der Waals surface area contributed by atoms with E-state index >= 15 is 0 Å². The van der Waals surface area contributed by atoms with Crippen LogP contribution in [-0.2, 0) is 26.4 Å². The Labute approximate surface area is 182 Å². The zero-order chi connectivity index (χ0) is 21.7. The van der Waals surface area contributed by atoms with Gasteiger partial charge in [0.1, 0.15) is 5.75 Å². The number of benzene rings is 1. The number of likely N-dealkylation sites (tertiary alicyclic amines) is 1. The van der Waals surface area contributed by atoms with Gasteiger partial charge in [-0.15, -0.1) is 0 Å². The summed E-state index contributed by atoms with van der Waals surface area (Å²) in [5.74, 6) is 0.155. The minimum absolute atomic E-state index is 0.155. The quantitative estimate of drug-likeness (QED) is 0.608. The molecule has 2 aromatic heterocycles. The third-order valence-electron chi connectivity index (χ3n) is 7.32. The lowest BCUT2D eigenvalue weighted by Crippen LogP contribution is -2.40. The van der Waals surface area contributed by atoms with Crippen LogP contribution in [0, 0.1) is 6.92 Å². The highest BCUT2D eigenvalue weighted by molar-refractivity contribution is 5.89. The molecular weight excluding hydrogens is 388 g/mol. The minimum Gasteiger partial charge on any atom is -0.507 e. The summed E-state index contributed by atoms with van der Waals surface area (Å²) < 4.78 is 2.29. The molecular formula is C25H32N4O2. The molecule has 2 aliphatic rings. The Balaban J connectivity index is 1.51. The van der Waals surface area contributed by atoms with Gasteiger partial charge in [0, 0.05) is 47.4 Å². The van der Waals surface area contributed by atoms with Gasteiger partial charge in [-0.25, -0.2) is 0 Å². The van der Waals surface area contributed by atoms with Crippen molar-refractivity contribution in [2.45, 2.75) is 51.6 Å². The molecule has 1 fully saturated rings. The summed E-state index contributed by atoms with van der Waals surface area (Å²) in [7, 11) is 4.33. The van der Waals surface area contributed by atoms with Crippen LogP contribution in [0.15, 0.2) is 23.0 Å². The molecule has 3 aromatic rings. The van der Waals surface area contributed by atoms with Gasteiger partial charge in [0.15, 0.2) is 0 Å². The molecule has 0 saturated carbocycles. The third kappa shape index (κ3) is 3.58. The van der Waals surface area contributed by atoms with Crippen molar-refractivity contribution in [1.82, 2.24) is 19.8 Å². The number of H-pyrrole nitrogens is 1. The summed E-state index contributed by atoms with van der Waals surface area (Å²) in [6.07, 6.45) is 5.06. The predicted octanol–water partition coefficient (Wildman–Crippen LogP) is 3.22. The number of piperidine rings is 1. The van der Waals surface area contributed by atoms with Crippen LogP contribution in [0.1, 0.15) is 41.6 Å². The Hall–Kier alpha value is -2.57. The largest absolute Gasteiger partial charge is 0.507 e. The van der Waals surface area contributed by atoms with Gasteiger partial charge >= 0.3 is 0 Å². The van der Waals surface area contributed by atoms with Crippen molar-refractivity contribution in [1.29, 1.82) is 0 Å². The van der Waals surface area contributed by atoms with Crippen LogP contribution in [-0.4, -0.2) is 45.7 Å². The maximum Gasteiger partial charge on any atom is 0.255 e. The van der Waals surface area contributed by atoms with Crippen LogP contribution in [0.5, 0.6) is 5.75 Å². The van der Waals surface area contributed by atoms with Crippen molar-refractivity contribution in [3.05, 3.63) is 50.9 Å². The van der Waals surface area contributed by atoms with Crippen molar-refractivity contribution in [3.8, 4) is 17.0 Å². The Kier molecular flexibility index (Phi) is 5.15. The summed E-state index contributed by atoms with van der Waals surface area (Å²) in [5.41, 5.74) is 6.64. The van der Waals surface area contributed by atoms with Crippen LogP contribution in [0.2, 0.25) is 0 Å². The molecule has 0 spiro atoms. The molecule has 164 valence electrons. The standard InChI is InChI=1S/C25H32N4O2/c1-15-24(30)20-6-4-5-16-13-22-17(12-21(16)23(20)27-25(15)31)11-19(29(22)3)14-26-18-7-9-28(2)10-8-18/h11-13,18,26H,4-10,14H2,1-3H3,(H2,27,30,31). The first-order valence-electron chi connectivity index (χ1n) is 11.4. The first-order chi connectivity index (χ1) is 14.9. The highest BCUT2D eigenvalue weighted by Crippen LogP contribution is 2.38. The van der Waals surface area contributed by atoms with Gasteiger partial charge in [0.2, 0.25) is 0 Å². The highest BCUT2D eigenvalue weighted by Gasteiger charge is 2.22. The fourth-order valence-corrected chi connectivity index (χ4v) is 5.22. The van der Waals surface area contributed by atoms with E-state index in [1.54, 1.807) is 6.92 Å². The molecule has 1 aromatic carbocycles. The molecule has 31 heavy (non-hydrogen) atoms. The molecule has 3 N–H and O–H groups in total. The van der Waals surface area contributed by atoms with Gasteiger partial charge in [-0.1, -0.05) is 0 Å². The van der Waals surface area contributed by atoms with Crippen LogP contribution >= 0.6 is 0 Å². The number of aromatic hydroxyl groups is 1. The van der Waals surface area contributed by atoms with Crippen molar-refractivity contribution in [3.63, 3.8) is 0 Å². The molecule has 0 atom stereocenters. The Morgan fingerprint density at radius 3 is 2.71 bits per heavy atom. The van der Waals surface area contributed by atoms with E-state index < -0.39 is 0 Å². The number of aromatic amines is 1. The lowest BCUT2D eigenvalue weighted by Gasteiger charge is -2.29. The smallest absolute Gasteiger partial charge is 0.255 e. The number of pyridine rings is 1. The number of aryl methyl sites for hydroxylation is 2. The third-order valence-corrected chi connectivity index (χ3v) is 7.32. The van der Waals surface area contributed by atoms with Crippen LogP contribution in [0.25, 0.3) is 22.2 Å². The van der Waals surface area contributed by atoms with Crippen molar-refractivity contribution >= 4 is 10.9 Å². The van der Waals surface area contributed by atoms with Gasteiger partial charge in [0.25, 0.3) is 5.56 Å². The van der Waals surface area contributed by atoms with E-state index in [0.29, 0.717) is 11.6 Å². The molecule has 0 unspecified atom stereocenters. The summed E-state index contributed by atoms with van der Waals surface area (Å²) >= 11 is 0. The molecule has 0 radical (unpaired) electrons. The molecule has 1 saturated heterocycles. The molecule has 1 aliphatic carbocycles. The Morgan fingerprint density at radius 2 is 1.94 bits per heavy atom. The fraction of sp³-hybridized carbons (Fsp3) is 0.480. The highest BCUT2D eigenvalue weighted by atomic mass is 16.3. The minimum atomic E-state index is -0.208. The van der Waals surface area contributed by atoms with Gasteiger partial charge in [0.05, 0.1) is 11.3 Å². The van der Waals surface area contributed by atoms with E-state index in [2.05, 4.69) is 52.1 Å². The van der Waals surface area contributed by atoms with Gasteiger partial charge < -0.3 is 24.9 Å². The fourth-order valence-electron chi connectivity index (χ4n) is 5.22. The average molecular weight is 421 g/mol. The average Bonchev–Trinajstić information content (AvgIpc) is 2.95. The summed E-state index contributed by atoms with van der Waals surface area (Å²) in [4.78, 5) is 17.8. The van der Waals surface area contributed by atoms with E-state index in [9.17, 15) is 9.90 Å². The zero-order valence-electron chi connectivity index (χ0n) is 18.7. The molecule has 0 amide bonds. The lowest BCUT2D eigenvalue weighted by atomic mass is 9.98. The van der Waals surface area contributed by atoms with Crippen molar-refractivity contribution in [2.75, 3.05) is 20.1 Å². The van der Waals surface area contributed by atoms with Gasteiger partial charge in [-0.3, -0.25) is 4.79 Å². The summed E-state index contributed by atoms with van der Waals surface area (Å²) in [5, 5.41) is 15.5. The topological polar surface area (TPSA) is 73.3 Å². The van der Waals surface area contributed by atoms with Crippen LogP contribution in [0.3, 0.4) is 0 Å². The normalized spacial score (nSPS) is 17.5. The van der Waals surface area contributed by atoms with Gasteiger partial charge in [-0.2, -0.15) is 0 Å². The van der Waals surface area contributed by atoms with Crippen LogP contribution < -0.4 is 10.9 Å². The number of nitrogens with one attached hydrogen (secondary N) is 2. The van der Waals surface area contributed by atoms with E-state index in [-0.39, 0.29) is 11.3 Å². The number of fused-ring (bicyclic) bond motifs is 4. The molecule has 3 heterocycles. The number of hydrogen-bond acceptors (Lipinski definition) is 4. The van der Waals surface area contributed by atoms with E-state index in [4.69, 9.17) is 0 Å². The second-order valence-corrected chi connectivity index (χ2v) is 9.36. The van der Waals surface area contributed by atoms with Crippen LogP contribution in [0.4, 0.5) is 0 Å². The number of rotatable bonds is 3. The molecule has 6 heteroatoms. The monoisotopic (exact) mass is 420 g/mol. The Morgan fingerprint density at radius 1 is 1.16 bits per heavy atom. The van der Waals surface area contributed by atoms with E-state index in [0.717, 1.165) is 55.7 Å². The zero-order valence-corrected chi connectivity index (χ0v) is 18.7. The first-order valence-corrected chi connectivity index (χ1v) is 11.4. The first kappa shape index (κ1) is 20.3. The number of nitrogens with zero attached hydrogens (tertiary/aromatic N) is 2. The molecule has 1 aliphatic heterocycles. The maximum absolute atomic E-state index is 12.4. The molecule has 5 rings (SSSR count). The summed E-state index contributed by atoms with van der Waals surface area (Å²) in [6, 6.07) is 7.30. The van der Waals surface area contributed by atoms with E-state index in [1.807, 2.05) is 0 Å². The van der Waals surface area contributed by atoms with Crippen molar-refractivity contribution in [2.24, 2.45) is 7.05 Å². The lowest BCUT2D eigenvalue weighted by molar-refractivity contribution is 0.233. The molecule has 0 bridgehead atoms. The SMILES string of the molecule is Cc1c(O)c2c([nH]c1=O)-c1cc3cc(CNC4CCN(C)CC4)n(C)c3cc1CCC2. The van der Waals surface area contributed by atoms with E-state index in [1.165, 1.54) is 35.0 Å². The summed E-state index contributed by atoms with van der Waals surface area (Å²) in [6.45, 7) is 4.86. The maximum atomic E-state index is 12.4. The van der Waals surface area contributed by atoms with Gasteiger partial charge in [-0.05, 0) is 82.9 Å². The second kappa shape index (κ2) is 7.84. The second-order valence-electron chi connectivity index (χ2n) is 9.36. The van der Waals surface area contributed by atoms with Crippen molar-refractivity contribution < 1.29 is 5.11 Å². The Bertz CT molecular complexity index is 1200. The number of hydrogen-bond donors (Lipinski definition) is 3. The molecule has 6 nitrogen and oxygen atoms in total. The predicted molar refractivity (Wildman–Crippen MR) is 125 cm³/mol. The number of aromatic nitrogens is 2.